The van der Waals surface area contributed by atoms with Gasteiger partial charge in [0.1, 0.15) is 0 Å². The Labute approximate surface area is 85.8 Å². The lowest BCUT2D eigenvalue weighted by atomic mass is 10.2. The maximum Gasteiger partial charge on any atom is 0.0728 e. The zero-order valence-corrected chi connectivity index (χ0v) is 9.03. The molecule has 1 atom stereocenters. The number of aryl methyl sites for hydroxylation is 1. The first-order chi connectivity index (χ1) is 6.76. The van der Waals surface area contributed by atoms with Crippen molar-refractivity contribution in [3.63, 3.8) is 0 Å². The molecule has 1 aromatic rings. The van der Waals surface area contributed by atoms with Gasteiger partial charge in [0, 0.05) is 18.8 Å². The van der Waals surface area contributed by atoms with Gasteiger partial charge < -0.3 is 5.32 Å². The molecule has 1 unspecified atom stereocenters. The summed E-state index contributed by atoms with van der Waals surface area (Å²) >= 11 is 0. The molecule has 0 fully saturated rings. The first-order valence-electron chi connectivity index (χ1n) is 5.16. The van der Waals surface area contributed by atoms with E-state index >= 15 is 0 Å². The highest BCUT2D eigenvalue weighted by Gasteiger charge is 2.02. The Bertz CT molecular complexity index is 278. The minimum atomic E-state index is 0.475. The molecule has 0 amide bonds. The van der Waals surface area contributed by atoms with Gasteiger partial charge in [-0.1, -0.05) is 6.08 Å². The minimum absolute atomic E-state index is 0.475. The lowest BCUT2D eigenvalue weighted by molar-refractivity contribution is 0.659. The fourth-order valence-electron chi connectivity index (χ4n) is 1.34. The lowest BCUT2D eigenvalue weighted by Crippen LogP contribution is -2.13. The summed E-state index contributed by atoms with van der Waals surface area (Å²) in [7, 11) is 0. The summed E-state index contributed by atoms with van der Waals surface area (Å²) in [5, 5.41) is 7.60. The Kier molecular flexibility index (Phi) is 4.23. The molecule has 0 radical (unpaired) electrons. The van der Waals surface area contributed by atoms with Gasteiger partial charge in [-0.15, -0.1) is 6.58 Å². The van der Waals surface area contributed by atoms with Crippen molar-refractivity contribution in [2.75, 3.05) is 5.32 Å². The van der Waals surface area contributed by atoms with Crippen LogP contribution in [-0.2, 0) is 6.54 Å². The van der Waals surface area contributed by atoms with E-state index in [1.807, 2.05) is 23.2 Å². The van der Waals surface area contributed by atoms with E-state index in [0.717, 1.165) is 25.1 Å². The van der Waals surface area contributed by atoms with Gasteiger partial charge in [0.15, 0.2) is 0 Å². The van der Waals surface area contributed by atoms with Crippen LogP contribution in [0.2, 0.25) is 0 Å². The Balaban J connectivity index is 2.39. The number of allylic oxidation sites excluding steroid dienone is 1. The number of rotatable bonds is 6. The number of anilines is 1. The van der Waals surface area contributed by atoms with Crippen LogP contribution in [0.5, 0.6) is 0 Å². The predicted octanol–water partition coefficient (Wildman–Crippen LogP) is 2.67. The third-order valence-electron chi connectivity index (χ3n) is 2.17. The van der Waals surface area contributed by atoms with E-state index in [0.29, 0.717) is 6.04 Å². The van der Waals surface area contributed by atoms with Crippen LogP contribution in [0.25, 0.3) is 0 Å². The first kappa shape index (κ1) is 10.8. The molecular weight excluding hydrogens is 174 g/mol. The summed E-state index contributed by atoms with van der Waals surface area (Å²) in [5.41, 5.74) is 1.10. The summed E-state index contributed by atoms with van der Waals surface area (Å²) < 4.78 is 1.92. The summed E-state index contributed by atoms with van der Waals surface area (Å²) in [6, 6.07) is 0.475. The molecule has 0 aliphatic heterocycles. The fourth-order valence-corrected chi connectivity index (χ4v) is 1.34. The molecule has 1 aromatic heterocycles. The van der Waals surface area contributed by atoms with Crippen LogP contribution in [0.4, 0.5) is 5.69 Å². The second kappa shape index (κ2) is 5.47. The average molecular weight is 193 g/mol. The standard InChI is InChI=1S/C11H19N3/c1-4-6-7-10(3)13-11-8-12-14(5-2)9-11/h4,8-10,13H,1,5-7H2,2-3H3. The quantitative estimate of drug-likeness (QED) is 0.704. The Morgan fingerprint density at radius 1 is 1.71 bits per heavy atom. The molecule has 3 nitrogen and oxygen atoms in total. The highest BCUT2D eigenvalue weighted by Crippen LogP contribution is 2.09. The Hall–Kier alpha value is -1.25. The van der Waals surface area contributed by atoms with Crippen LogP contribution < -0.4 is 5.32 Å². The first-order valence-corrected chi connectivity index (χ1v) is 5.16. The highest BCUT2D eigenvalue weighted by molar-refractivity contribution is 5.38. The molecular formula is C11H19N3. The second-order valence-electron chi connectivity index (χ2n) is 3.50. The van der Waals surface area contributed by atoms with Gasteiger partial charge >= 0.3 is 0 Å². The molecule has 0 aliphatic rings. The van der Waals surface area contributed by atoms with Crippen molar-refractivity contribution in [1.29, 1.82) is 0 Å². The van der Waals surface area contributed by atoms with Gasteiger partial charge in [-0.3, -0.25) is 4.68 Å². The van der Waals surface area contributed by atoms with Crippen molar-refractivity contribution >= 4 is 5.69 Å². The van der Waals surface area contributed by atoms with Crippen molar-refractivity contribution in [1.82, 2.24) is 9.78 Å². The lowest BCUT2D eigenvalue weighted by Gasteiger charge is -2.11. The number of nitrogens with one attached hydrogen (secondary N) is 1. The maximum atomic E-state index is 4.20. The third-order valence-corrected chi connectivity index (χ3v) is 2.17. The van der Waals surface area contributed by atoms with Gasteiger partial charge in [0.25, 0.3) is 0 Å². The zero-order valence-electron chi connectivity index (χ0n) is 9.03. The van der Waals surface area contributed by atoms with Crippen molar-refractivity contribution in [2.24, 2.45) is 0 Å². The largest absolute Gasteiger partial charge is 0.380 e. The van der Waals surface area contributed by atoms with E-state index in [9.17, 15) is 0 Å². The molecule has 1 N–H and O–H groups in total. The summed E-state index contributed by atoms with van der Waals surface area (Å²) in [6.07, 6.45) is 8.02. The SMILES string of the molecule is C=CCCC(C)Nc1cnn(CC)c1. The maximum absolute atomic E-state index is 4.20. The average Bonchev–Trinajstić information content (AvgIpc) is 2.62. The molecule has 78 valence electrons. The van der Waals surface area contributed by atoms with Gasteiger partial charge in [-0.2, -0.15) is 5.10 Å². The highest BCUT2D eigenvalue weighted by atomic mass is 15.3. The van der Waals surface area contributed by atoms with Gasteiger partial charge in [-0.25, -0.2) is 0 Å². The van der Waals surface area contributed by atoms with Crippen LogP contribution in [0.15, 0.2) is 25.0 Å². The normalized spacial score (nSPS) is 12.4. The molecule has 0 spiro atoms. The molecule has 0 saturated carbocycles. The van der Waals surface area contributed by atoms with Crippen LogP contribution in [0, 0.1) is 0 Å². The summed E-state index contributed by atoms with van der Waals surface area (Å²) in [4.78, 5) is 0. The Morgan fingerprint density at radius 2 is 2.50 bits per heavy atom. The van der Waals surface area contributed by atoms with E-state index in [2.05, 4.69) is 30.8 Å². The van der Waals surface area contributed by atoms with E-state index in [1.54, 1.807) is 0 Å². The van der Waals surface area contributed by atoms with E-state index in [1.165, 1.54) is 0 Å². The smallest absolute Gasteiger partial charge is 0.0728 e. The minimum Gasteiger partial charge on any atom is -0.380 e. The molecule has 1 rings (SSSR count). The summed E-state index contributed by atoms with van der Waals surface area (Å²) in [6.45, 7) is 8.89. The van der Waals surface area contributed by atoms with Gasteiger partial charge in [-0.05, 0) is 26.7 Å². The molecule has 0 saturated heterocycles. The number of hydrogen-bond acceptors (Lipinski definition) is 2. The molecule has 0 aromatic carbocycles. The van der Waals surface area contributed by atoms with Crippen LogP contribution in [-0.4, -0.2) is 15.8 Å². The molecule has 3 heteroatoms. The predicted molar refractivity (Wildman–Crippen MR) is 60.4 cm³/mol. The number of aromatic nitrogens is 2. The van der Waals surface area contributed by atoms with Crippen molar-refractivity contribution in [2.45, 2.75) is 39.3 Å². The van der Waals surface area contributed by atoms with Crippen LogP contribution >= 0.6 is 0 Å². The molecule has 0 aliphatic carbocycles. The van der Waals surface area contributed by atoms with Gasteiger partial charge in [0.2, 0.25) is 0 Å². The topological polar surface area (TPSA) is 29.9 Å². The van der Waals surface area contributed by atoms with Crippen molar-refractivity contribution in [3.05, 3.63) is 25.0 Å². The van der Waals surface area contributed by atoms with Crippen molar-refractivity contribution < 1.29 is 0 Å². The molecule has 0 bridgehead atoms. The Morgan fingerprint density at radius 3 is 3.07 bits per heavy atom. The van der Waals surface area contributed by atoms with E-state index < -0.39 is 0 Å². The van der Waals surface area contributed by atoms with Crippen LogP contribution in [0.3, 0.4) is 0 Å². The summed E-state index contributed by atoms with van der Waals surface area (Å²) in [5.74, 6) is 0. The zero-order chi connectivity index (χ0) is 10.4. The van der Waals surface area contributed by atoms with E-state index in [-0.39, 0.29) is 0 Å². The van der Waals surface area contributed by atoms with Crippen LogP contribution in [0.1, 0.15) is 26.7 Å². The fraction of sp³-hybridized carbons (Fsp3) is 0.545. The molecule has 14 heavy (non-hydrogen) atoms. The monoisotopic (exact) mass is 193 g/mol. The number of nitrogens with zero attached hydrogens (tertiary/aromatic N) is 2. The molecule has 1 heterocycles. The van der Waals surface area contributed by atoms with Gasteiger partial charge in [0.05, 0.1) is 11.9 Å². The van der Waals surface area contributed by atoms with Crippen molar-refractivity contribution in [3.8, 4) is 0 Å². The number of hydrogen-bond donors (Lipinski definition) is 1. The second-order valence-corrected chi connectivity index (χ2v) is 3.50. The third kappa shape index (κ3) is 3.24. The van der Waals surface area contributed by atoms with E-state index in [4.69, 9.17) is 0 Å².